The Morgan fingerprint density at radius 1 is 1.15 bits per heavy atom. The Morgan fingerprint density at radius 2 is 1.92 bits per heavy atom. The summed E-state index contributed by atoms with van der Waals surface area (Å²) in [7, 11) is 0. The van der Waals surface area contributed by atoms with Crippen LogP contribution in [0.1, 0.15) is 12.8 Å². The van der Waals surface area contributed by atoms with E-state index in [1.165, 1.54) is 6.33 Å². The van der Waals surface area contributed by atoms with Gasteiger partial charge in [-0.1, -0.05) is 11.6 Å². The first-order chi connectivity index (χ1) is 12.6. The van der Waals surface area contributed by atoms with Crippen molar-refractivity contribution in [2.75, 3.05) is 5.43 Å². The van der Waals surface area contributed by atoms with E-state index in [1.807, 2.05) is 30.3 Å². The van der Waals surface area contributed by atoms with Crippen LogP contribution in [-0.4, -0.2) is 42.6 Å². The van der Waals surface area contributed by atoms with Crippen LogP contribution in [0, 0.1) is 0 Å². The predicted octanol–water partition coefficient (Wildman–Crippen LogP) is 2.56. The number of hydrogen-bond acceptors (Lipinski definition) is 7. The number of nitrogens with two attached hydrogens (primary N) is 1. The average molecular weight is 394 g/mol. The van der Waals surface area contributed by atoms with Gasteiger partial charge in [0.15, 0.2) is 5.82 Å². The highest BCUT2D eigenvalue weighted by atomic mass is 35.5. The molecular weight excluding hydrogens is 374 g/mol. The molecule has 0 saturated heterocycles. The van der Waals surface area contributed by atoms with Crippen LogP contribution in [0.15, 0.2) is 47.8 Å². The van der Waals surface area contributed by atoms with Crippen LogP contribution in [0.4, 0.5) is 5.82 Å². The fourth-order valence-electron chi connectivity index (χ4n) is 2.73. The Bertz CT molecular complexity index is 845. The third kappa shape index (κ3) is 4.46. The molecule has 1 aromatic carbocycles. The van der Waals surface area contributed by atoms with Crippen LogP contribution in [0.3, 0.4) is 0 Å². The minimum Gasteiger partial charge on any atom is -0.390 e. The molecule has 3 aromatic rings. The van der Waals surface area contributed by atoms with Gasteiger partial charge in [0.25, 0.3) is 0 Å². The van der Waals surface area contributed by atoms with E-state index < -0.39 is 12.2 Å². The molecule has 0 bridgehead atoms. The molecule has 0 spiro atoms. The van der Waals surface area contributed by atoms with Crippen molar-refractivity contribution in [1.29, 1.82) is 0 Å². The van der Waals surface area contributed by atoms with Crippen molar-refractivity contribution in [3.8, 4) is 0 Å². The van der Waals surface area contributed by atoms with Crippen molar-refractivity contribution in [1.82, 2.24) is 15.0 Å². The smallest absolute Gasteiger partial charge is 0.152 e. The number of nitrogen functional groups attached to an aromatic ring is 1. The zero-order valence-electron chi connectivity index (χ0n) is 13.8. The minimum atomic E-state index is -0.606. The molecule has 26 heavy (non-hydrogen) atoms. The molecule has 0 radical (unpaired) electrons. The highest BCUT2D eigenvalue weighted by Gasteiger charge is 2.33. The molecule has 0 aliphatic heterocycles. The Balaban J connectivity index is 0.000000158. The first-order valence-corrected chi connectivity index (χ1v) is 9.37. The first-order valence-electron chi connectivity index (χ1n) is 8.11. The number of H-pyrrole nitrogens is 1. The number of halogens is 1. The third-order valence-electron chi connectivity index (χ3n) is 4.11. The summed E-state index contributed by atoms with van der Waals surface area (Å²) in [6.45, 7) is 0. The number of benzene rings is 1. The van der Waals surface area contributed by atoms with Gasteiger partial charge in [-0.3, -0.25) is 0 Å². The van der Waals surface area contributed by atoms with Crippen LogP contribution < -0.4 is 11.3 Å². The lowest BCUT2D eigenvalue weighted by Crippen LogP contribution is -2.26. The maximum Gasteiger partial charge on any atom is 0.152 e. The number of thioether (sulfide) groups is 1. The quantitative estimate of drug-likeness (QED) is 0.342. The molecule has 1 saturated carbocycles. The topological polar surface area (TPSA) is 120 Å². The number of nitrogens with zero attached hydrogens (tertiary/aromatic N) is 2. The monoisotopic (exact) mass is 393 g/mol. The van der Waals surface area contributed by atoms with Crippen LogP contribution in [-0.2, 0) is 0 Å². The molecule has 7 nitrogen and oxygen atoms in total. The van der Waals surface area contributed by atoms with E-state index in [4.69, 9.17) is 17.4 Å². The molecule has 9 heteroatoms. The highest BCUT2D eigenvalue weighted by molar-refractivity contribution is 8.00. The van der Waals surface area contributed by atoms with E-state index in [9.17, 15) is 10.2 Å². The van der Waals surface area contributed by atoms with Crippen molar-refractivity contribution in [2.45, 2.75) is 35.2 Å². The fraction of sp³-hybridized carbons (Fsp3) is 0.294. The number of aliphatic hydroxyl groups is 2. The van der Waals surface area contributed by atoms with Gasteiger partial charge in [0.05, 0.1) is 17.6 Å². The molecule has 2 aromatic heterocycles. The summed E-state index contributed by atoms with van der Waals surface area (Å²) in [5.74, 6) is 5.86. The van der Waals surface area contributed by atoms with E-state index in [2.05, 4.69) is 20.4 Å². The summed E-state index contributed by atoms with van der Waals surface area (Å²) in [6, 6.07) is 9.41. The van der Waals surface area contributed by atoms with E-state index >= 15 is 0 Å². The lowest BCUT2D eigenvalue weighted by atomic mass is 10.3. The third-order valence-corrected chi connectivity index (χ3v) is 5.73. The summed E-state index contributed by atoms with van der Waals surface area (Å²) < 4.78 is 0. The molecule has 3 unspecified atom stereocenters. The van der Waals surface area contributed by atoms with Gasteiger partial charge in [-0.05, 0) is 43.2 Å². The summed E-state index contributed by atoms with van der Waals surface area (Å²) >= 11 is 7.38. The number of fused-ring (bicyclic) bond motifs is 1. The SMILES string of the molecule is NNc1ncnc2[nH]ccc12.OC1CCC(Sc2ccc(Cl)cc2)C1O. The van der Waals surface area contributed by atoms with Crippen LogP contribution >= 0.6 is 23.4 Å². The number of aromatic amines is 1. The second kappa shape index (κ2) is 8.70. The van der Waals surface area contributed by atoms with Crippen LogP contribution in [0.2, 0.25) is 5.02 Å². The number of hydrogen-bond donors (Lipinski definition) is 5. The Morgan fingerprint density at radius 3 is 2.58 bits per heavy atom. The van der Waals surface area contributed by atoms with Gasteiger partial charge < -0.3 is 20.6 Å². The molecule has 0 amide bonds. The average Bonchev–Trinajstić information content (AvgIpc) is 3.26. The molecule has 138 valence electrons. The molecule has 3 atom stereocenters. The number of hydrazine groups is 1. The summed E-state index contributed by atoms with van der Waals surface area (Å²) in [4.78, 5) is 11.9. The second-order valence-corrected chi connectivity index (χ2v) is 7.60. The van der Waals surface area contributed by atoms with Gasteiger partial charge in [-0.25, -0.2) is 15.8 Å². The normalized spacial score (nSPS) is 22.1. The lowest BCUT2D eigenvalue weighted by molar-refractivity contribution is 0.0463. The fourth-order valence-corrected chi connectivity index (χ4v) is 4.07. The van der Waals surface area contributed by atoms with Gasteiger partial charge in [0.2, 0.25) is 0 Å². The molecule has 1 aliphatic rings. The van der Waals surface area contributed by atoms with Crippen molar-refractivity contribution in [3.05, 3.63) is 47.9 Å². The highest BCUT2D eigenvalue weighted by Crippen LogP contribution is 2.35. The number of aliphatic hydroxyl groups excluding tert-OH is 2. The Labute approximate surface area is 160 Å². The maximum absolute atomic E-state index is 9.68. The number of anilines is 1. The van der Waals surface area contributed by atoms with Gasteiger partial charge >= 0.3 is 0 Å². The van der Waals surface area contributed by atoms with Crippen molar-refractivity contribution in [2.24, 2.45) is 5.84 Å². The van der Waals surface area contributed by atoms with Gasteiger partial charge in [0.1, 0.15) is 12.0 Å². The van der Waals surface area contributed by atoms with E-state index in [1.54, 1.807) is 18.0 Å². The molecule has 6 N–H and O–H groups in total. The zero-order valence-corrected chi connectivity index (χ0v) is 15.4. The largest absolute Gasteiger partial charge is 0.390 e. The van der Waals surface area contributed by atoms with E-state index in [-0.39, 0.29) is 5.25 Å². The van der Waals surface area contributed by atoms with Gasteiger partial charge in [0, 0.05) is 21.4 Å². The molecular formula is C17H20ClN5O2S. The van der Waals surface area contributed by atoms with E-state index in [0.717, 1.165) is 22.3 Å². The second-order valence-electron chi connectivity index (χ2n) is 5.85. The van der Waals surface area contributed by atoms with Gasteiger partial charge in [-0.15, -0.1) is 11.8 Å². The zero-order chi connectivity index (χ0) is 18.5. The molecule has 1 aliphatic carbocycles. The van der Waals surface area contributed by atoms with Crippen LogP contribution in [0.5, 0.6) is 0 Å². The standard InChI is InChI=1S/C11H13ClO2S.C6H7N5/c12-7-1-3-8(4-2-7)15-10-6-5-9(13)11(10)14;7-11-6-4-1-2-8-5(4)9-3-10-6/h1-4,9-11,13-14H,5-6H2;1-3H,7H2,(H2,8,9,10,11). The molecule has 4 rings (SSSR count). The van der Waals surface area contributed by atoms with Crippen molar-refractivity contribution >= 4 is 40.2 Å². The Kier molecular flexibility index (Phi) is 6.33. The summed E-state index contributed by atoms with van der Waals surface area (Å²) in [5.41, 5.74) is 3.27. The predicted molar refractivity (Wildman–Crippen MR) is 104 cm³/mol. The number of rotatable bonds is 3. The van der Waals surface area contributed by atoms with Gasteiger partial charge in [-0.2, -0.15) is 0 Å². The lowest BCUT2D eigenvalue weighted by Gasteiger charge is -2.15. The minimum absolute atomic E-state index is 0.0983. The summed E-state index contributed by atoms with van der Waals surface area (Å²) in [5, 5.41) is 20.8. The first kappa shape index (κ1) is 18.9. The van der Waals surface area contributed by atoms with Crippen molar-refractivity contribution < 1.29 is 10.2 Å². The van der Waals surface area contributed by atoms with Crippen LogP contribution in [0.25, 0.3) is 11.0 Å². The number of aromatic nitrogens is 3. The number of nitrogens with one attached hydrogen (secondary N) is 2. The molecule has 2 heterocycles. The maximum atomic E-state index is 9.68. The van der Waals surface area contributed by atoms with Crippen molar-refractivity contribution in [3.63, 3.8) is 0 Å². The summed E-state index contributed by atoms with van der Waals surface area (Å²) in [6.07, 6.45) is 3.62. The molecule has 1 fully saturated rings. The van der Waals surface area contributed by atoms with E-state index in [0.29, 0.717) is 17.3 Å². The Hall–Kier alpha value is -1.84.